The van der Waals surface area contributed by atoms with Crippen LogP contribution in [0.3, 0.4) is 0 Å². The van der Waals surface area contributed by atoms with Gasteiger partial charge in [0.15, 0.2) is 0 Å². The van der Waals surface area contributed by atoms with Crippen LogP contribution in [0.1, 0.15) is 28.8 Å². The van der Waals surface area contributed by atoms with Crippen LogP contribution in [-0.2, 0) is 6.54 Å². The number of hydrogen-bond donors (Lipinski definition) is 1. The Hall–Kier alpha value is -1.49. The SMILES string of the molecule is O=C(O)c1cccc(CN2CCC(Sc3ccc(Cl)cc3)CC2)c1. The van der Waals surface area contributed by atoms with E-state index >= 15 is 0 Å². The highest BCUT2D eigenvalue weighted by Gasteiger charge is 2.20. The van der Waals surface area contributed by atoms with E-state index in [2.05, 4.69) is 17.0 Å². The van der Waals surface area contributed by atoms with Crippen molar-refractivity contribution in [2.75, 3.05) is 13.1 Å². The third-order valence-corrected chi connectivity index (χ3v) is 5.83. The summed E-state index contributed by atoms with van der Waals surface area (Å²) in [7, 11) is 0. The number of nitrogens with zero attached hydrogens (tertiary/aromatic N) is 1. The first-order valence-electron chi connectivity index (χ1n) is 8.07. The highest BCUT2D eigenvalue weighted by Crippen LogP contribution is 2.31. The predicted molar refractivity (Wildman–Crippen MR) is 99.0 cm³/mol. The maximum Gasteiger partial charge on any atom is 0.335 e. The van der Waals surface area contributed by atoms with Gasteiger partial charge < -0.3 is 5.11 Å². The summed E-state index contributed by atoms with van der Waals surface area (Å²) in [5, 5.41) is 10.5. The fraction of sp³-hybridized carbons (Fsp3) is 0.316. The first kappa shape index (κ1) is 17.3. The van der Waals surface area contributed by atoms with Crippen LogP contribution in [0.15, 0.2) is 53.4 Å². The molecule has 2 aromatic carbocycles. The molecule has 1 fully saturated rings. The fourth-order valence-electron chi connectivity index (χ4n) is 2.95. The molecule has 0 spiro atoms. The van der Waals surface area contributed by atoms with Crippen LogP contribution < -0.4 is 0 Å². The zero-order valence-corrected chi connectivity index (χ0v) is 14.9. The van der Waals surface area contributed by atoms with Crippen LogP contribution in [0.25, 0.3) is 0 Å². The number of carboxylic acids is 1. The molecule has 1 aliphatic rings. The Labute approximate surface area is 151 Å². The van der Waals surface area contributed by atoms with Crippen LogP contribution in [0.4, 0.5) is 0 Å². The summed E-state index contributed by atoms with van der Waals surface area (Å²) in [5.74, 6) is -0.866. The van der Waals surface area contributed by atoms with E-state index in [0.717, 1.165) is 43.1 Å². The van der Waals surface area contributed by atoms with Crippen molar-refractivity contribution >= 4 is 29.3 Å². The van der Waals surface area contributed by atoms with E-state index in [0.29, 0.717) is 10.8 Å². The monoisotopic (exact) mass is 361 g/mol. The number of hydrogen-bond acceptors (Lipinski definition) is 3. The Morgan fingerprint density at radius 2 is 1.88 bits per heavy atom. The van der Waals surface area contributed by atoms with Crippen molar-refractivity contribution in [2.24, 2.45) is 0 Å². The number of piperidine rings is 1. The molecule has 3 rings (SSSR count). The van der Waals surface area contributed by atoms with E-state index in [4.69, 9.17) is 16.7 Å². The molecule has 0 amide bonds. The molecule has 2 aromatic rings. The zero-order valence-electron chi connectivity index (χ0n) is 13.3. The second-order valence-electron chi connectivity index (χ2n) is 6.05. The van der Waals surface area contributed by atoms with Crippen molar-refractivity contribution in [3.8, 4) is 0 Å². The quantitative estimate of drug-likeness (QED) is 0.830. The number of thioether (sulfide) groups is 1. The third-order valence-electron chi connectivity index (χ3n) is 4.23. The minimum absolute atomic E-state index is 0.362. The number of benzene rings is 2. The fourth-order valence-corrected chi connectivity index (χ4v) is 4.20. The summed E-state index contributed by atoms with van der Waals surface area (Å²) >= 11 is 7.85. The summed E-state index contributed by atoms with van der Waals surface area (Å²) in [5.41, 5.74) is 1.43. The van der Waals surface area contributed by atoms with Crippen LogP contribution in [0, 0.1) is 0 Å². The molecular formula is C19H20ClNO2S. The zero-order chi connectivity index (χ0) is 16.9. The lowest BCUT2D eigenvalue weighted by atomic mass is 10.1. The third kappa shape index (κ3) is 4.76. The lowest BCUT2D eigenvalue weighted by Crippen LogP contribution is -2.34. The Bertz CT molecular complexity index is 697. The number of likely N-dealkylation sites (tertiary alicyclic amines) is 1. The summed E-state index contributed by atoms with van der Waals surface area (Å²) < 4.78 is 0. The summed E-state index contributed by atoms with van der Waals surface area (Å²) in [4.78, 5) is 14.7. The molecule has 0 atom stereocenters. The van der Waals surface area contributed by atoms with Gasteiger partial charge in [0.25, 0.3) is 0 Å². The maximum absolute atomic E-state index is 11.1. The molecule has 126 valence electrons. The van der Waals surface area contributed by atoms with Gasteiger partial charge in [0.1, 0.15) is 0 Å². The number of carboxylic acid groups (broad SMARTS) is 1. The van der Waals surface area contributed by atoms with E-state index < -0.39 is 5.97 Å². The van der Waals surface area contributed by atoms with Gasteiger partial charge in [-0.3, -0.25) is 4.90 Å². The van der Waals surface area contributed by atoms with Crippen molar-refractivity contribution in [3.63, 3.8) is 0 Å². The molecular weight excluding hydrogens is 342 g/mol. The largest absolute Gasteiger partial charge is 0.478 e. The van der Waals surface area contributed by atoms with Crippen molar-refractivity contribution in [1.82, 2.24) is 4.90 Å². The summed E-state index contributed by atoms with van der Waals surface area (Å²) in [6.07, 6.45) is 2.29. The Morgan fingerprint density at radius 1 is 1.17 bits per heavy atom. The molecule has 1 heterocycles. The molecule has 3 nitrogen and oxygen atoms in total. The van der Waals surface area contributed by atoms with Gasteiger partial charge in [-0.05, 0) is 67.9 Å². The first-order chi connectivity index (χ1) is 11.6. The van der Waals surface area contributed by atoms with Gasteiger partial charge in [-0.1, -0.05) is 23.7 Å². The molecule has 0 unspecified atom stereocenters. The lowest BCUT2D eigenvalue weighted by molar-refractivity contribution is 0.0696. The normalized spacial score (nSPS) is 16.2. The molecule has 1 aliphatic heterocycles. The summed E-state index contributed by atoms with van der Waals surface area (Å²) in [6, 6.07) is 15.3. The number of carbonyl (C=O) groups is 1. The standard InChI is InChI=1S/C19H20ClNO2S/c20-16-4-6-17(7-5-16)24-18-8-10-21(11-9-18)13-14-2-1-3-15(12-14)19(22)23/h1-7,12,18H,8-11,13H2,(H,22,23). The number of rotatable bonds is 5. The molecule has 0 saturated carbocycles. The topological polar surface area (TPSA) is 40.5 Å². The van der Waals surface area contributed by atoms with Gasteiger partial charge in [0.2, 0.25) is 0 Å². The van der Waals surface area contributed by atoms with Gasteiger partial charge >= 0.3 is 5.97 Å². The molecule has 1 N–H and O–H groups in total. The van der Waals surface area contributed by atoms with Crippen LogP contribution in [-0.4, -0.2) is 34.3 Å². The minimum Gasteiger partial charge on any atom is -0.478 e. The van der Waals surface area contributed by atoms with E-state index in [1.54, 1.807) is 12.1 Å². The Morgan fingerprint density at radius 3 is 2.54 bits per heavy atom. The smallest absolute Gasteiger partial charge is 0.335 e. The second-order valence-corrected chi connectivity index (χ2v) is 7.86. The van der Waals surface area contributed by atoms with Crippen molar-refractivity contribution < 1.29 is 9.90 Å². The lowest BCUT2D eigenvalue weighted by Gasteiger charge is -2.31. The molecule has 0 aromatic heterocycles. The average molecular weight is 362 g/mol. The van der Waals surface area contributed by atoms with Gasteiger partial charge in [-0.2, -0.15) is 0 Å². The van der Waals surface area contributed by atoms with Crippen LogP contribution >= 0.6 is 23.4 Å². The molecule has 0 bridgehead atoms. The van der Waals surface area contributed by atoms with Gasteiger partial charge in [-0.15, -0.1) is 11.8 Å². The first-order valence-corrected chi connectivity index (χ1v) is 9.33. The molecule has 24 heavy (non-hydrogen) atoms. The van der Waals surface area contributed by atoms with Gasteiger partial charge in [0, 0.05) is 21.7 Å². The average Bonchev–Trinajstić information content (AvgIpc) is 2.59. The second kappa shape index (κ2) is 8.06. The van der Waals surface area contributed by atoms with E-state index in [-0.39, 0.29) is 0 Å². The van der Waals surface area contributed by atoms with Crippen LogP contribution in [0.5, 0.6) is 0 Å². The predicted octanol–water partition coefficient (Wildman–Crippen LogP) is 4.79. The number of aromatic carboxylic acids is 1. The number of halogens is 1. The van der Waals surface area contributed by atoms with Crippen molar-refractivity contribution in [2.45, 2.75) is 29.5 Å². The van der Waals surface area contributed by atoms with Crippen LogP contribution in [0.2, 0.25) is 5.02 Å². The minimum atomic E-state index is -0.866. The van der Waals surface area contributed by atoms with Gasteiger partial charge in [0.05, 0.1) is 5.56 Å². The van der Waals surface area contributed by atoms with Crippen molar-refractivity contribution in [3.05, 3.63) is 64.7 Å². The van der Waals surface area contributed by atoms with E-state index in [9.17, 15) is 4.79 Å². The molecule has 0 radical (unpaired) electrons. The van der Waals surface area contributed by atoms with Gasteiger partial charge in [-0.25, -0.2) is 4.79 Å². The van der Waals surface area contributed by atoms with E-state index in [1.165, 1.54) is 4.90 Å². The van der Waals surface area contributed by atoms with E-state index in [1.807, 2.05) is 36.0 Å². The highest BCUT2D eigenvalue weighted by molar-refractivity contribution is 8.00. The molecule has 1 saturated heterocycles. The molecule has 0 aliphatic carbocycles. The highest BCUT2D eigenvalue weighted by atomic mass is 35.5. The molecule has 5 heteroatoms. The Balaban J connectivity index is 1.51. The van der Waals surface area contributed by atoms with Crippen molar-refractivity contribution in [1.29, 1.82) is 0 Å². The maximum atomic E-state index is 11.1. The summed E-state index contributed by atoms with van der Waals surface area (Å²) in [6.45, 7) is 2.91. The Kier molecular flexibility index (Phi) is 5.82.